The largest absolute Gasteiger partial charge is 0.481 e. The maximum absolute atomic E-state index is 12.6. The van der Waals surface area contributed by atoms with Gasteiger partial charge in [-0.1, -0.05) is 30.3 Å². The number of carbonyl (C=O) groups excluding carboxylic acids is 2. The molecule has 0 aromatic heterocycles. The van der Waals surface area contributed by atoms with E-state index in [0.717, 1.165) is 5.56 Å². The second-order valence-electron chi connectivity index (χ2n) is 6.57. The molecule has 1 aromatic carbocycles. The first kappa shape index (κ1) is 21.3. The molecule has 0 bridgehead atoms. The number of hydrogen-bond donors (Lipinski definition) is 3. The van der Waals surface area contributed by atoms with Crippen molar-refractivity contribution in [2.24, 2.45) is 0 Å². The Morgan fingerprint density at radius 1 is 1.21 bits per heavy atom. The summed E-state index contributed by atoms with van der Waals surface area (Å²) >= 11 is 2.73. The summed E-state index contributed by atoms with van der Waals surface area (Å²) < 4.78 is 0. The first-order chi connectivity index (χ1) is 13.9. The predicted octanol–water partition coefficient (Wildman–Crippen LogP) is 1.18. The lowest BCUT2D eigenvalue weighted by atomic mass is 10.0. The van der Waals surface area contributed by atoms with Gasteiger partial charge in [0.05, 0.1) is 12.8 Å². The number of carboxylic acids is 2. The second-order valence-corrected chi connectivity index (χ2v) is 8.78. The van der Waals surface area contributed by atoms with Crippen LogP contribution in [-0.2, 0) is 25.6 Å². The van der Waals surface area contributed by atoms with E-state index in [2.05, 4.69) is 5.32 Å². The number of amides is 2. The first-order valence-corrected chi connectivity index (χ1v) is 11.1. The Balaban J connectivity index is 1.62. The van der Waals surface area contributed by atoms with Crippen LogP contribution in [0.25, 0.3) is 0 Å². The lowest BCUT2D eigenvalue weighted by molar-refractivity contribution is -0.150. The zero-order valence-corrected chi connectivity index (χ0v) is 17.0. The van der Waals surface area contributed by atoms with E-state index in [4.69, 9.17) is 5.11 Å². The molecule has 0 radical (unpaired) electrons. The van der Waals surface area contributed by atoms with Crippen molar-refractivity contribution in [3.8, 4) is 0 Å². The number of rotatable bonds is 9. The van der Waals surface area contributed by atoms with Gasteiger partial charge >= 0.3 is 11.9 Å². The standard InChI is InChI=1S/C19H20N2O6S2/c22-13(8-11-4-2-1-3-5-11)20-15-17(25)21-16(19(26)27)12(10-29-18(15)21)9-28-7-6-14(23)24/h1-5,15,18H,6-10H2,(H,20,22)(H,23,24)(H,26,27). The highest BCUT2D eigenvalue weighted by molar-refractivity contribution is 8.01. The van der Waals surface area contributed by atoms with Gasteiger partial charge in [-0.2, -0.15) is 11.8 Å². The number of carbonyl (C=O) groups is 4. The molecule has 1 fully saturated rings. The highest BCUT2D eigenvalue weighted by atomic mass is 32.2. The summed E-state index contributed by atoms with van der Waals surface area (Å²) in [5.41, 5.74) is 1.38. The van der Waals surface area contributed by atoms with E-state index in [1.54, 1.807) is 0 Å². The van der Waals surface area contributed by atoms with Crippen molar-refractivity contribution in [3.05, 3.63) is 47.2 Å². The highest BCUT2D eigenvalue weighted by Gasteiger charge is 2.54. The molecular weight excluding hydrogens is 416 g/mol. The number of fused-ring (bicyclic) bond motifs is 1. The minimum absolute atomic E-state index is 0.00567. The number of hydrogen-bond acceptors (Lipinski definition) is 6. The number of carboxylic acid groups (broad SMARTS) is 2. The summed E-state index contributed by atoms with van der Waals surface area (Å²) in [6.07, 6.45) is 0.142. The summed E-state index contributed by atoms with van der Waals surface area (Å²) in [6.45, 7) is 0. The third-order valence-corrected chi connectivity index (χ3v) is 6.90. The van der Waals surface area contributed by atoms with Crippen LogP contribution in [0.2, 0.25) is 0 Å². The fourth-order valence-electron chi connectivity index (χ4n) is 3.15. The summed E-state index contributed by atoms with van der Waals surface area (Å²) in [7, 11) is 0. The van der Waals surface area contributed by atoms with Gasteiger partial charge in [-0.15, -0.1) is 11.8 Å². The smallest absolute Gasteiger partial charge is 0.352 e. The number of nitrogens with zero attached hydrogens (tertiary/aromatic N) is 1. The van der Waals surface area contributed by atoms with Crippen LogP contribution >= 0.6 is 23.5 Å². The Morgan fingerprint density at radius 3 is 2.59 bits per heavy atom. The SMILES string of the molecule is O=C(O)CCSCC1=C(C(=O)O)N2C(=O)C(NC(=O)Cc3ccccc3)C2SC1. The molecule has 0 aliphatic carbocycles. The molecule has 2 atom stereocenters. The summed E-state index contributed by atoms with van der Waals surface area (Å²) in [4.78, 5) is 48.4. The number of β-lactam (4-membered cyclic amide) rings is 1. The molecule has 29 heavy (non-hydrogen) atoms. The topological polar surface area (TPSA) is 124 Å². The predicted molar refractivity (Wildman–Crippen MR) is 109 cm³/mol. The molecule has 2 amide bonds. The Morgan fingerprint density at radius 2 is 1.93 bits per heavy atom. The molecule has 154 valence electrons. The van der Waals surface area contributed by atoms with Gasteiger partial charge in [0.15, 0.2) is 0 Å². The molecule has 3 N–H and O–H groups in total. The monoisotopic (exact) mass is 436 g/mol. The minimum atomic E-state index is -1.19. The molecule has 2 aliphatic rings. The average Bonchev–Trinajstić information content (AvgIpc) is 2.69. The van der Waals surface area contributed by atoms with Crippen molar-refractivity contribution >= 4 is 47.3 Å². The lowest BCUT2D eigenvalue weighted by Crippen LogP contribution is -2.70. The van der Waals surface area contributed by atoms with Crippen LogP contribution in [0.4, 0.5) is 0 Å². The van der Waals surface area contributed by atoms with Gasteiger partial charge in [0.1, 0.15) is 17.1 Å². The molecule has 0 spiro atoms. The molecule has 3 rings (SSSR count). The van der Waals surface area contributed by atoms with Gasteiger partial charge in [0.2, 0.25) is 5.91 Å². The van der Waals surface area contributed by atoms with Crippen LogP contribution in [0.1, 0.15) is 12.0 Å². The summed E-state index contributed by atoms with van der Waals surface area (Å²) in [5, 5.41) is 20.6. The number of thioether (sulfide) groups is 2. The third kappa shape index (κ3) is 4.94. The number of aliphatic carboxylic acids is 2. The first-order valence-electron chi connectivity index (χ1n) is 8.91. The quantitative estimate of drug-likeness (QED) is 0.389. The Kier molecular flexibility index (Phi) is 6.86. The summed E-state index contributed by atoms with van der Waals surface area (Å²) in [6, 6.07) is 8.41. The zero-order chi connectivity index (χ0) is 21.0. The van der Waals surface area contributed by atoms with E-state index in [-0.39, 0.29) is 24.4 Å². The van der Waals surface area contributed by atoms with Gasteiger partial charge in [-0.25, -0.2) is 4.79 Å². The van der Waals surface area contributed by atoms with Gasteiger partial charge in [0, 0.05) is 17.3 Å². The van der Waals surface area contributed by atoms with Crippen molar-refractivity contribution in [1.29, 1.82) is 0 Å². The molecule has 10 heteroatoms. The average molecular weight is 437 g/mol. The van der Waals surface area contributed by atoms with Crippen molar-refractivity contribution in [3.63, 3.8) is 0 Å². The van der Waals surface area contributed by atoms with Crippen LogP contribution in [0.3, 0.4) is 0 Å². The highest BCUT2D eigenvalue weighted by Crippen LogP contribution is 2.41. The van der Waals surface area contributed by atoms with Gasteiger partial charge in [-0.3, -0.25) is 19.3 Å². The molecule has 8 nitrogen and oxygen atoms in total. The van der Waals surface area contributed by atoms with Crippen LogP contribution in [0, 0.1) is 0 Å². The van der Waals surface area contributed by atoms with Gasteiger partial charge in [0.25, 0.3) is 5.91 Å². The Hall–Kier alpha value is -2.46. The van der Waals surface area contributed by atoms with E-state index < -0.39 is 29.3 Å². The van der Waals surface area contributed by atoms with Crippen molar-refractivity contribution in [2.45, 2.75) is 24.3 Å². The molecular formula is C19H20N2O6S2. The molecule has 0 saturated carbocycles. The van der Waals surface area contributed by atoms with E-state index in [9.17, 15) is 24.3 Å². The van der Waals surface area contributed by atoms with Crippen molar-refractivity contribution < 1.29 is 29.4 Å². The fraction of sp³-hybridized carbons (Fsp3) is 0.368. The maximum atomic E-state index is 12.6. The number of nitrogens with one attached hydrogen (secondary N) is 1. The maximum Gasteiger partial charge on any atom is 0.352 e. The second kappa shape index (κ2) is 9.36. The van der Waals surface area contributed by atoms with Crippen molar-refractivity contribution in [1.82, 2.24) is 10.2 Å². The molecule has 2 unspecified atom stereocenters. The van der Waals surface area contributed by atoms with E-state index >= 15 is 0 Å². The molecule has 2 heterocycles. The number of benzene rings is 1. The van der Waals surface area contributed by atoms with E-state index in [1.165, 1.54) is 28.4 Å². The fourth-order valence-corrected chi connectivity index (χ4v) is 5.58. The lowest BCUT2D eigenvalue weighted by Gasteiger charge is -2.49. The Labute approximate surface area is 175 Å². The van der Waals surface area contributed by atoms with Crippen molar-refractivity contribution in [2.75, 3.05) is 17.3 Å². The van der Waals surface area contributed by atoms with Crippen LogP contribution in [0.15, 0.2) is 41.6 Å². The van der Waals surface area contributed by atoms with Crippen LogP contribution < -0.4 is 5.32 Å². The normalized spacial score (nSPS) is 20.7. The van der Waals surface area contributed by atoms with Gasteiger partial charge in [-0.05, 0) is 11.1 Å². The Bertz CT molecular complexity index is 858. The molecule has 1 saturated heterocycles. The minimum Gasteiger partial charge on any atom is -0.481 e. The molecule has 1 aromatic rings. The third-order valence-electron chi connectivity index (χ3n) is 4.51. The van der Waals surface area contributed by atoms with Gasteiger partial charge < -0.3 is 15.5 Å². The van der Waals surface area contributed by atoms with Crippen LogP contribution in [0.5, 0.6) is 0 Å². The van der Waals surface area contributed by atoms with E-state index in [0.29, 0.717) is 22.8 Å². The summed E-state index contributed by atoms with van der Waals surface area (Å²) in [5.74, 6) is -1.68. The van der Waals surface area contributed by atoms with E-state index in [1.807, 2.05) is 30.3 Å². The molecule has 2 aliphatic heterocycles. The zero-order valence-electron chi connectivity index (χ0n) is 15.4. The van der Waals surface area contributed by atoms with Crippen LogP contribution in [-0.4, -0.2) is 67.5 Å².